The lowest BCUT2D eigenvalue weighted by atomic mass is 10.2. The molecule has 1 aliphatic rings. The second-order valence-electron chi connectivity index (χ2n) is 3.71. The van der Waals surface area contributed by atoms with Crippen LogP contribution in [0.3, 0.4) is 0 Å². The number of rotatable bonds is 6. The van der Waals surface area contributed by atoms with E-state index in [2.05, 4.69) is 15.6 Å². The average molecular weight is 241 g/mol. The maximum Gasteiger partial charge on any atom is 0.303 e. The lowest BCUT2D eigenvalue weighted by molar-refractivity contribution is -0.137. The summed E-state index contributed by atoms with van der Waals surface area (Å²) in [4.78, 5) is 36.2. The topological polar surface area (TPSA) is 108 Å². The molecule has 2 amide bonds. The molecule has 94 valence electrons. The minimum absolute atomic E-state index is 0.157. The van der Waals surface area contributed by atoms with E-state index in [0.717, 1.165) is 12.8 Å². The van der Waals surface area contributed by atoms with E-state index in [-0.39, 0.29) is 30.6 Å². The molecule has 0 aromatic rings. The van der Waals surface area contributed by atoms with Crippen LogP contribution in [0.25, 0.3) is 0 Å². The van der Waals surface area contributed by atoms with Crippen LogP contribution < -0.4 is 10.6 Å². The molecule has 7 nitrogen and oxygen atoms in total. The summed E-state index contributed by atoms with van der Waals surface area (Å²) in [7, 11) is 0. The average Bonchev–Trinajstić information content (AvgIpc) is 2.21. The van der Waals surface area contributed by atoms with Gasteiger partial charge in [-0.25, -0.2) is 0 Å². The van der Waals surface area contributed by atoms with Crippen molar-refractivity contribution in [3.05, 3.63) is 0 Å². The maximum absolute atomic E-state index is 11.0. The summed E-state index contributed by atoms with van der Waals surface area (Å²) < 4.78 is 0. The second kappa shape index (κ2) is 6.62. The standard InChI is InChI=1S/C10H15N3O4/c14-7-6-8(15)13-10(12-7)11-5-3-1-2-4-9(16)17/h1-6H2,(H,16,17)(H2,11,12,13,14,15). The number of carbonyl (C=O) groups is 3. The molecule has 1 heterocycles. The van der Waals surface area contributed by atoms with Crippen LogP contribution in [0.15, 0.2) is 4.99 Å². The minimum Gasteiger partial charge on any atom is -0.481 e. The fourth-order valence-corrected chi connectivity index (χ4v) is 1.36. The van der Waals surface area contributed by atoms with Gasteiger partial charge in [0.2, 0.25) is 17.8 Å². The first-order valence-electron chi connectivity index (χ1n) is 5.44. The van der Waals surface area contributed by atoms with Crippen molar-refractivity contribution in [2.45, 2.75) is 32.1 Å². The largest absolute Gasteiger partial charge is 0.481 e. The Morgan fingerprint density at radius 2 is 1.82 bits per heavy atom. The van der Waals surface area contributed by atoms with Gasteiger partial charge in [-0.2, -0.15) is 0 Å². The first-order chi connectivity index (χ1) is 8.08. The maximum atomic E-state index is 11.0. The number of aliphatic carboxylic acids is 1. The van der Waals surface area contributed by atoms with Gasteiger partial charge in [-0.05, 0) is 12.8 Å². The van der Waals surface area contributed by atoms with E-state index in [1.807, 2.05) is 0 Å². The predicted molar refractivity (Wildman–Crippen MR) is 59.3 cm³/mol. The zero-order valence-corrected chi connectivity index (χ0v) is 9.36. The molecule has 17 heavy (non-hydrogen) atoms. The van der Waals surface area contributed by atoms with Crippen molar-refractivity contribution in [2.24, 2.45) is 4.99 Å². The van der Waals surface area contributed by atoms with E-state index >= 15 is 0 Å². The molecule has 0 aromatic heterocycles. The Balaban J connectivity index is 2.17. The Kier molecular flexibility index (Phi) is 5.12. The van der Waals surface area contributed by atoms with Gasteiger partial charge in [-0.1, -0.05) is 6.42 Å². The molecule has 1 rings (SSSR count). The third-order valence-corrected chi connectivity index (χ3v) is 2.16. The first kappa shape index (κ1) is 13.1. The van der Waals surface area contributed by atoms with Gasteiger partial charge in [0, 0.05) is 13.0 Å². The monoisotopic (exact) mass is 241 g/mol. The van der Waals surface area contributed by atoms with Gasteiger partial charge >= 0.3 is 5.97 Å². The summed E-state index contributed by atoms with van der Waals surface area (Å²) >= 11 is 0. The zero-order chi connectivity index (χ0) is 12.7. The molecule has 0 atom stereocenters. The van der Waals surface area contributed by atoms with E-state index in [1.165, 1.54) is 0 Å². The number of amides is 2. The van der Waals surface area contributed by atoms with E-state index in [1.54, 1.807) is 0 Å². The number of nitrogens with zero attached hydrogens (tertiary/aromatic N) is 1. The normalized spacial score (nSPS) is 15.2. The third kappa shape index (κ3) is 5.64. The minimum atomic E-state index is -0.803. The Hall–Kier alpha value is -1.92. The molecule has 0 unspecified atom stereocenters. The van der Waals surface area contributed by atoms with Crippen LogP contribution >= 0.6 is 0 Å². The molecule has 0 aliphatic carbocycles. The van der Waals surface area contributed by atoms with E-state index in [0.29, 0.717) is 13.0 Å². The Bertz CT molecular complexity index is 333. The van der Waals surface area contributed by atoms with Gasteiger partial charge in [-0.15, -0.1) is 0 Å². The van der Waals surface area contributed by atoms with Crippen molar-refractivity contribution in [1.29, 1.82) is 0 Å². The van der Waals surface area contributed by atoms with Crippen molar-refractivity contribution in [3.63, 3.8) is 0 Å². The van der Waals surface area contributed by atoms with Crippen molar-refractivity contribution in [2.75, 3.05) is 6.54 Å². The molecule has 0 aromatic carbocycles. The molecule has 0 radical (unpaired) electrons. The molecule has 1 fully saturated rings. The van der Waals surface area contributed by atoms with E-state index in [4.69, 9.17) is 5.11 Å². The number of unbranched alkanes of at least 4 members (excludes halogenated alkanes) is 2. The van der Waals surface area contributed by atoms with Crippen LogP contribution in [-0.2, 0) is 14.4 Å². The van der Waals surface area contributed by atoms with Crippen LogP contribution in [0.5, 0.6) is 0 Å². The Morgan fingerprint density at radius 3 is 2.41 bits per heavy atom. The Morgan fingerprint density at radius 1 is 1.18 bits per heavy atom. The number of nitrogens with one attached hydrogen (secondary N) is 2. The predicted octanol–water partition coefficient (Wildman–Crippen LogP) is -0.376. The van der Waals surface area contributed by atoms with Crippen molar-refractivity contribution < 1.29 is 19.5 Å². The number of hydrogen-bond acceptors (Lipinski definition) is 4. The summed E-state index contributed by atoms with van der Waals surface area (Å²) in [6, 6.07) is 0. The molecule has 0 saturated carbocycles. The fraction of sp³-hybridized carbons (Fsp3) is 0.600. The fourth-order valence-electron chi connectivity index (χ4n) is 1.36. The molecular formula is C10H15N3O4. The molecule has 7 heteroatoms. The number of carbonyl (C=O) groups excluding carboxylic acids is 2. The van der Waals surface area contributed by atoms with Gasteiger partial charge in [0.25, 0.3) is 0 Å². The van der Waals surface area contributed by atoms with Crippen LogP contribution in [0.2, 0.25) is 0 Å². The highest BCUT2D eigenvalue weighted by Crippen LogP contribution is 2.00. The van der Waals surface area contributed by atoms with Crippen LogP contribution in [0.4, 0.5) is 0 Å². The van der Waals surface area contributed by atoms with Gasteiger partial charge in [0.15, 0.2) is 0 Å². The summed E-state index contributed by atoms with van der Waals surface area (Å²) in [6.07, 6.45) is 2.08. The SMILES string of the molecule is O=C(O)CCCCCN=C1NC(=O)CC(=O)N1. The number of aliphatic imine (C=N–C) groups is 1. The molecule has 3 N–H and O–H groups in total. The van der Waals surface area contributed by atoms with Crippen molar-refractivity contribution in [3.8, 4) is 0 Å². The lowest BCUT2D eigenvalue weighted by Crippen LogP contribution is -2.50. The van der Waals surface area contributed by atoms with Gasteiger partial charge in [0.05, 0.1) is 0 Å². The quantitative estimate of drug-likeness (QED) is 0.435. The van der Waals surface area contributed by atoms with E-state index in [9.17, 15) is 14.4 Å². The van der Waals surface area contributed by atoms with Crippen molar-refractivity contribution in [1.82, 2.24) is 10.6 Å². The smallest absolute Gasteiger partial charge is 0.303 e. The molecule has 0 spiro atoms. The highest BCUT2D eigenvalue weighted by Gasteiger charge is 2.18. The van der Waals surface area contributed by atoms with Crippen LogP contribution in [0, 0.1) is 0 Å². The zero-order valence-electron chi connectivity index (χ0n) is 9.36. The van der Waals surface area contributed by atoms with Gasteiger partial charge in [-0.3, -0.25) is 30.0 Å². The molecule has 0 bridgehead atoms. The summed E-state index contributed by atoms with van der Waals surface area (Å²) in [5.74, 6) is -1.34. The van der Waals surface area contributed by atoms with E-state index < -0.39 is 5.97 Å². The highest BCUT2D eigenvalue weighted by atomic mass is 16.4. The molecular weight excluding hydrogens is 226 g/mol. The van der Waals surface area contributed by atoms with Gasteiger partial charge in [0.1, 0.15) is 6.42 Å². The highest BCUT2D eigenvalue weighted by molar-refractivity contribution is 6.15. The number of carboxylic acids is 1. The second-order valence-corrected chi connectivity index (χ2v) is 3.71. The molecule has 1 saturated heterocycles. The van der Waals surface area contributed by atoms with Crippen molar-refractivity contribution >= 4 is 23.7 Å². The summed E-state index contributed by atoms with van der Waals surface area (Å²) in [6.45, 7) is 0.454. The summed E-state index contributed by atoms with van der Waals surface area (Å²) in [5, 5.41) is 13.3. The molecule has 1 aliphatic heterocycles. The lowest BCUT2D eigenvalue weighted by Gasteiger charge is -2.14. The third-order valence-electron chi connectivity index (χ3n) is 2.16. The summed E-state index contributed by atoms with van der Waals surface area (Å²) in [5.41, 5.74) is 0. The number of carboxylic acid groups (broad SMARTS) is 1. The van der Waals surface area contributed by atoms with Gasteiger partial charge < -0.3 is 5.11 Å². The Labute approximate surface area is 98.3 Å². The first-order valence-corrected chi connectivity index (χ1v) is 5.44. The number of hydrogen-bond donors (Lipinski definition) is 3. The van der Waals surface area contributed by atoms with Crippen LogP contribution in [0.1, 0.15) is 32.1 Å². The number of guanidine groups is 1. The van der Waals surface area contributed by atoms with Crippen LogP contribution in [-0.4, -0.2) is 35.4 Å².